The number of nitrogens with zero attached hydrogens (tertiary/aromatic N) is 1. The van der Waals surface area contributed by atoms with Gasteiger partial charge in [0.1, 0.15) is 0 Å². The summed E-state index contributed by atoms with van der Waals surface area (Å²) >= 11 is 0. The lowest BCUT2D eigenvalue weighted by atomic mass is 10.1. The van der Waals surface area contributed by atoms with Crippen LogP contribution in [0.3, 0.4) is 0 Å². The van der Waals surface area contributed by atoms with Crippen LogP contribution in [-0.2, 0) is 6.54 Å². The molecule has 134 valence electrons. The Kier molecular flexibility index (Phi) is 4.73. The number of carbonyl (C=O) groups is 1. The summed E-state index contributed by atoms with van der Waals surface area (Å²) in [5.74, 6) is -0.100. The first kappa shape index (κ1) is 16.8. The van der Waals surface area contributed by atoms with Gasteiger partial charge in [0.2, 0.25) is 0 Å². The molecule has 5 nitrogen and oxygen atoms in total. The fourth-order valence-corrected chi connectivity index (χ4v) is 3.57. The molecule has 0 spiro atoms. The van der Waals surface area contributed by atoms with Gasteiger partial charge >= 0.3 is 0 Å². The molecule has 4 rings (SSSR count). The molecule has 1 amide bonds. The van der Waals surface area contributed by atoms with E-state index in [2.05, 4.69) is 21.3 Å². The van der Waals surface area contributed by atoms with Crippen molar-refractivity contribution in [2.75, 3.05) is 18.4 Å². The summed E-state index contributed by atoms with van der Waals surface area (Å²) in [6.45, 7) is 2.54. The number of hydrogen-bond donors (Lipinski definition) is 3. The molecule has 3 N–H and O–H groups in total. The molecule has 0 unspecified atom stereocenters. The molecule has 3 aromatic rings. The highest BCUT2D eigenvalue weighted by atomic mass is 16.3. The highest BCUT2D eigenvalue weighted by Crippen LogP contribution is 2.23. The van der Waals surface area contributed by atoms with E-state index >= 15 is 0 Å². The van der Waals surface area contributed by atoms with Crippen molar-refractivity contribution < 1.29 is 9.90 Å². The van der Waals surface area contributed by atoms with Crippen LogP contribution < -0.4 is 5.32 Å². The lowest BCUT2D eigenvalue weighted by Gasteiger charge is -2.30. The van der Waals surface area contributed by atoms with Crippen molar-refractivity contribution in [2.24, 2.45) is 0 Å². The number of fused-ring (bicyclic) bond motifs is 1. The number of aromatic amines is 1. The largest absolute Gasteiger partial charge is 0.393 e. The first-order valence-electron chi connectivity index (χ1n) is 9.06. The number of rotatable bonds is 4. The molecule has 0 radical (unpaired) electrons. The number of benzene rings is 2. The summed E-state index contributed by atoms with van der Waals surface area (Å²) in [6, 6.07) is 15.6. The monoisotopic (exact) mass is 349 g/mol. The highest BCUT2D eigenvalue weighted by molar-refractivity contribution is 6.12. The maximum atomic E-state index is 12.8. The number of aliphatic hydroxyl groups is 1. The van der Waals surface area contributed by atoms with Gasteiger partial charge in [-0.3, -0.25) is 9.69 Å². The van der Waals surface area contributed by atoms with Crippen LogP contribution in [-0.4, -0.2) is 40.1 Å². The SMILES string of the molecule is O=C(Nc1ccccc1CN1CCC(O)CC1)c1cccc2[nH]ccc12. The number of aliphatic hydroxyl groups excluding tert-OH is 1. The second-order valence-corrected chi connectivity index (χ2v) is 6.86. The smallest absolute Gasteiger partial charge is 0.256 e. The number of carbonyl (C=O) groups excluding carboxylic acids is 1. The van der Waals surface area contributed by atoms with Crippen LogP contribution in [0, 0.1) is 0 Å². The summed E-state index contributed by atoms with van der Waals surface area (Å²) in [4.78, 5) is 18.3. The standard InChI is InChI=1S/C21H23N3O2/c25-16-9-12-24(13-10-16)14-15-4-1-2-6-19(15)23-21(26)18-5-3-7-20-17(18)8-11-22-20/h1-8,11,16,22,25H,9-10,12-14H2,(H,23,26). The number of likely N-dealkylation sites (tertiary alicyclic amines) is 1. The summed E-state index contributed by atoms with van der Waals surface area (Å²) in [6.07, 6.45) is 3.29. The molecule has 0 bridgehead atoms. The molecule has 1 fully saturated rings. The predicted octanol–water partition coefficient (Wildman–Crippen LogP) is 3.38. The van der Waals surface area contributed by atoms with E-state index in [0.717, 1.165) is 54.6 Å². The second-order valence-electron chi connectivity index (χ2n) is 6.86. The van der Waals surface area contributed by atoms with E-state index in [1.807, 2.05) is 48.7 Å². The zero-order valence-corrected chi connectivity index (χ0v) is 14.6. The molecule has 1 aliphatic rings. The average Bonchev–Trinajstić information content (AvgIpc) is 3.14. The quantitative estimate of drug-likeness (QED) is 0.676. The molecule has 1 aliphatic heterocycles. The summed E-state index contributed by atoms with van der Waals surface area (Å²) in [7, 11) is 0. The number of H-pyrrole nitrogens is 1. The third kappa shape index (κ3) is 3.49. The van der Waals surface area contributed by atoms with E-state index in [1.165, 1.54) is 0 Å². The molecule has 1 aromatic heterocycles. The molecule has 0 atom stereocenters. The van der Waals surface area contributed by atoms with Gasteiger partial charge in [-0.05, 0) is 42.7 Å². The van der Waals surface area contributed by atoms with Crippen LogP contribution in [0.15, 0.2) is 54.7 Å². The molecular weight excluding hydrogens is 326 g/mol. The zero-order chi connectivity index (χ0) is 17.9. The number of anilines is 1. The van der Waals surface area contributed by atoms with Crippen LogP contribution in [0.5, 0.6) is 0 Å². The van der Waals surface area contributed by atoms with E-state index in [0.29, 0.717) is 5.56 Å². The van der Waals surface area contributed by atoms with Gasteiger partial charge in [0, 0.05) is 48.0 Å². The van der Waals surface area contributed by atoms with Crippen molar-refractivity contribution in [3.8, 4) is 0 Å². The number of amides is 1. The predicted molar refractivity (Wildman–Crippen MR) is 103 cm³/mol. The van der Waals surface area contributed by atoms with Crippen LogP contribution in [0.4, 0.5) is 5.69 Å². The third-order valence-corrected chi connectivity index (χ3v) is 5.06. The fraction of sp³-hybridized carbons (Fsp3) is 0.286. The van der Waals surface area contributed by atoms with Crippen molar-refractivity contribution in [3.63, 3.8) is 0 Å². The molecule has 5 heteroatoms. The van der Waals surface area contributed by atoms with E-state index in [-0.39, 0.29) is 12.0 Å². The maximum Gasteiger partial charge on any atom is 0.256 e. The van der Waals surface area contributed by atoms with Gasteiger partial charge in [-0.2, -0.15) is 0 Å². The van der Waals surface area contributed by atoms with Gasteiger partial charge < -0.3 is 15.4 Å². The van der Waals surface area contributed by atoms with Crippen molar-refractivity contribution in [1.82, 2.24) is 9.88 Å². The number of para-hydroxylation sites is 1. The Morgan fingerprint density at radius 2 is 1.92 bits per heavy atom. The fourth-order valence-electron chi connectivity index (χ4n) is 3.57. The molecule has 0 saturated carbocycles. The Bertz CT molecular complexity index is 910. The minimum absolute atomic E-state index is 0.100. The van der Waals surface area contributed by atoms with Gasteiger partial charge in [0.15, 0.2) is 0 Å². The van der Waals surface area contributed by atoms with Crippen molar-refractivity contribution in [3.05, 3.63) is 65.9 Å². The summed E-state index contributed by atoms with van der Waals surface area (Å²) in [5.41, 5.74) is 3.56. The normalized spacial score (nSPS) is 16.0. The van der Waals surface area contributed by atoms with Gasteiger partial charge in [-0.1, -0.05) is 24.3 Å². The lowest BCUT2D eigenvalue weighted by molar-refractivity contribution is 0.0793. The lowest BCUT2D eigenvalue weighted by Crippen LogP contribution is -2.35. The molecule has 0 aliphatic carbocycles. The first-order chi connectivity index (χ1) is 12.7. The topological polar surface area (TPSA) is 68.4 Å². The second kappa shape index (κ2) is 7.32. The van der Waals surface area contributed by atoms with Crippen molar-refractivity contribution in [2.45, 2.75) is 25.5 Å². The summed E-state index contributed by atoms with van der Waals surface area (Å²) in [5, 5.41) is 13.7. The third-order valence-electron chi connectivity index (χ3n) is 5.06. The number of piperidine rings is 1. The van der Waals surface area contributed by atoms with Crippen molar-refractivity contribution >= 4 is 22.5 Å². The van der Waals surface area contributed by atoms with E-state index < -0.39 is 0 Å². The molecular formula is C21H23N3O2. The van der Waals surface area contributed by atoms with Crippen molar-refractivity contribution in [1.29, 1.82) is 0 Å². The Labute approximate surface area is 152 Å². The molecule has 2 heterocycles. The highest BCUT2D eigenvalue weighted by Gasteiger charge is 2.18. The average molecular weight is 349 g/mol. The van der Waals surface area contributed by atoms with Crippen LogP contribution in [0.25, 0.3) is 10.9 Å². The van der Waals surface area contributed by atoms with E-state index in [9.17, 15) is 9.90 Å². The Balaban J connectivity index is 1.53. The van der Waals surface area contributed by atoms with Crippen LogP contribution >= 0.6 is 0 Å². The number of nitrogens with one attached hydrogen (secondary N) is 2. The summed E-state index contributed by atoms with van der Waals surface area (Å²) < 4.78 is 0. The van der Waals surface area contributed by atoms with Crippen LogP contribution in [0.1, 0.15) is 28.8 Å². The Morgan fingerprint density at radius 1 is 1.12 bits per heavy atom. The number of aromatic nitrogens is 1. The minimum Gasteiger partial charge on any atom is -0.393 e. The zero-order valence-electron chi connectivity index (χ0n) is 14.6. The molecule has 2 aromatic carbocycles. The maximum absolute atomic E-state index is 12.8. The first-order valence-corrected chi connectivity index (χ1v) is 9.06. The van der Waals surface area contributed by atoms with Gasteiger partial charge in [0.25, 0.3) is 5.91 Å². The minimum atomic E-state index is -0.178. The van der Waals surface area contributed by atoms with E-state index in [4.69, 9.17) is 0 Å². The molecule has 1 saturated heterocycles. The molecule has 26 heavy (non-hydrogen) atoms. The Morgan fingerprint density at radius 3 is 2.77 bits per heavy atom. The van der Waals surface area contributed by atoms with Gasteiger partial charge in [-0.25, -0.2) is 0 Å². The van der Waals surface area contributed by atoms with E-state index in [1.54, 1.807) is 0 Å². The van der Waals surface area contributed by atoms with Gasteiger partial charge in [-0.15, -0.1) is 0 Å². The van der Waals surface area contributed by atoms with Crippen LogP contribution in [0.2, 0.25) is 0 Å². The number of hydrogen-bond acceptors (Lipinski definition) is 3. The van der Waals surface area contributed by atoms with Gasteiger partial charge in [0.05, 0.1) is 6.10 Å². The Hall–Kier alpha value is -2.63.